The molecule has 0 N–H and O–H groups in total. The van der Waals surface area contributed by atoms with Gasteiger partial charge in [0.2, 0.25) is 5.91 Å². The minimum atomic E-state index is -0.297. The van der Waals surface area contributed by atoms with Gasteiger partial charge >= 0.3 is 0 Å². The molecule has 0 aliphatic carbocycles. The van der Waals surface area contributed by atoms with Crippen LogP contribution in [0.1, 0.15) is 57.6 Å². The van der Waals surface area contributed by atoms with Gasteiger partial charge < -0.3 is 23.8 Å². The third-order valence-corrected chi connectivity index (χ3v) is 8.08. The van der Waals surface area contributed by atoms with Gasteiger partial charge in [-0.15, -0.1) is 0 Å². The monoisotopic (exact) mass is 429 g/mol. The Morgan fingerprint density at radius 3 is 2.61 bits per heavy atom. The number of ether oxygens (including phenoxy) is 4. The maximum absolute atomic E-state index is 13.0. The summed E-state index contributed by atoms with van der Waals surface area (Å²) < 4.78 is 23.9. The van der Waals surface area contributed by atoms with Crippen molar-refractivity contribution in [3.05, 3.63) is 23.8 Å². The molecule has 3 fully saturated rings. The molecule has 4 aliphatic rings. The molecule has 4 aliphatic heterocycles. The molecule has 1 spiro atoms. The van der Waals surface area contributed by atoms with Crippen molar-refractivity contribution in [2.45, 2.75) is 57.7 Å². The van der Waals surface area contributed by atoms with E-state index in [1.54, 1.807) is 7.11 Å². The number of benzene rings is 1. The minimum Gasteiger partial charge on any atom is -0.497 e. The first-order chi connectivity index (χ1) is 14.9. The largest absolute Gasteiger partial charge is 0.497 e. The molecule has 1 amide bonds. The van der Waals surface area contributed by atoms with Gasteiger partial charge in [-0.3, -0.25) is 4.79 Å². The van der Waals surface area contributed by atoms with Crippen LogP contribution < -0.4 is 9.47 Å². The summed E-state index contributed by atoms with van der Waals surface area (Å²) in [6.07, 6.45) is 4.84. The number of hydrogen-bond acceptors (Lipinski definition) is 5. The maximum atomic E-state index is 13.0. The number of rotatable bonds is 2. The number of nitrogens with zero attached hydrogens (tertiary/aromatic N) is 1. The van der Waals surface area contributed by atoms with Gasteiger partial charge in [-0.1, -0.05) is 0 Å². The highest BCUT2D eigenvalue weighted by Gasteiger charge is 2.53. The van der Waals surface area contributed by atoms with Gasteiger partial charge in [0.25, 0.3) is 0 Å². The van der Waals surface area contributed by atoms with E-state index in [1.807, 2.05) is 12.1 Å². The van der Waals surface area contributed by atoms with E-state index in [0.717, 1.165) is 68.9 Å². The van der Waals surface area contributed by atoms with Crippen molar-refractivity contribution in [1.29, 1.82) is 0 Å². The van der Waals surface area contributed by atoms with Crippen LogP contribution in [0, 0.1) is 17.3 Å². The summed E-state index contributed by atoms with van der Waals surface area (Å²) in [6.45, 7) is 8.22. The van der Waals surface area contributed by atoms with Crippen molar-refractivity contribution in [3.63, 3.8) is 0 Å². The fourth-order valence-corrected chi connectivity index (χ4v) is 6.01. The maximum Gasteiger partial charge on any atom is 0.225 e. The fraction of sp³-hybridized carbons (Fsp3) is 0.720. The molecule has 6 nitrogen and oxygen atoms in total. The highest BCUT2D eigenvalue weighted by atomic mass is 16.5. The van der Waals surface area contributed by atoms with Gasteiger partial charge in [0, 0.05) is 43.7 Å². The molecule has 1 aromatic carbocycles. The predicted molar refractivity (Wildman–Crippen MR) is 116 cm³/mol. The lowest BCUT2D eigenvalue weighted by Crippen LogP contribution is -2.55. The lowest BCUT2D eigenvalue weighted by atomic mass is 9.64. The van der Waals surface area contributed by atoms with E-state index in [4.69, 9.17) is 18.9 Å². The molecule has 0 radical (unpaired) electrons. The van der Waals surface area contributed by atoms with Gasteiger partial charge in [-0.2, -0.15) is 0 Å². The molecular weight excluding hydrogens is 394 g/mol. The second-order valence-electron chi connectivity index (χ2n) is 10.4. The molecule has 6 heteroatoms. The molecule has 5 rings (SSSR count). The summed E-state index contributed by atoms with van der Waals surface area (Å²) in [5, 5.41) is 0. The van der Waals surface area contributed by atoms with E-state index in [2.05, 4.69) is 24.8 Å². The van der Waals surface area contributed by atoms with Crippen molar-refractivity contribution in [3.8, 4) is 11.5 Å². The fourth-order valence-electron chi connectivity index (χ4n) is 6.01. The molecule has 1 aromatic rings. The van der Waals surface area contributed by atoms with Crippen LogP contribution in [0.5, 0.6) is 11.5 Å². The standard InChI is InChI=1S/C25H35NO5/c1-24(2)20-15-25(8-10-26(11-9-25)23(27)17-6-12-29-13-7-17)16-30-22(20)19-14-18(28-3)4-5-21(19)31-24/h4-5,14,17,20,22H,6-13,15-16H2,1-3H3/t20-,22+/m0/s1. The third-order valence-electron chi connectivity index (χ3n) is 8.08. The third kappa shape index (κ3) is 3.82. The number of methoxy groups -OCH3 is 1. The zero-order valence-electron chi connectivity index (χ0n) is 19.0. The Kier molecular flexibility index (Phi) is 5.41. The van der Waals surface area contributed by atoms with Crippen molar-refractivity contribution < 1.29 is 23.7 Å². The SMILES string of the molecule is COc1ccc2c(c1)[C@H]1OCC3(CCN(C(=O)C4CCOCC4)CC3)C[C@@H]1C(C)(C)O2. The highest BCUT2D eigenvalue weighted by Crippen LogP contribution is 2.56. The second-order valence-corrected chi connectivity index (χ2v) is 10.4. The van der Waals surface area contributed by atoms with Gasteiger partial charge in [-0.05, 0) is 69.6 Å². The van der Waals surface area contributed by atoms with Crippen molar-refractivity contribution >= 4 is 5.91 Å². The number of fused-ring (bicyclic) bond motifs is 3. The van der Waals surface area contributed by atoms with E-state index >= 15 is 0 Å². The number of hydrogen-bond donors (Lipinski definition) is 0. The van der Waals surface area contributed by atoms with Crippen LogP contribution in [0.4, 0.5) is 0 Å². The molecule has 4 heterocycles. The van der Waals surface area contributed by atoms with Gasteiger partial charge in [0.15, 0.2) is 0 Å². The van der Waals surface area contributed by atoms with Crippen molar-refractivity contribution in [1.82, 2.24) is 4.90 Å². The number of amides is 1. The highest BCUT2D eigenvalue weighted by molar-refractivity contribution is 5.79. The number of carbonyl (C=O) groups is 1. The zero-order valence-corrected chi connectivity index (χ0v) is 19.0. The predicted octanol–water partition coefficient (Wildman–Crippen LogP) is 3.98. The van der Waals surface area contributed by atoms with Gasteiger partial charge in [-0.25, -0.2) is 0 Å². The zero-order chi connectivity index (χ0) is 21.6. The van der Waals surface area contributed by atoms with Crippen LogP contribution in [0.15, 0.2) is 18.2 Å². The minimum absolute atomic E-state index is 0.0291. The Morgan fingerprint density at radius 1 is 1.16 bits per heavy atom. The second kappa shape index (κ2) is 7.96. The number of likely N-dealkylation sites (tertiary alicyclic amines) is 1. The van der Waals surface area contributed by atoms with Crippen LogP contribution in [0.2, 0.25) is 0 Å². The molecule has 0 unspecified atom stereocenters. The van der Waals surface area contributed by atoms with Crippen LogP contribution in [-0.2, 0) is 14.3 Å². The first-order valence-electron chi connectivity index (χ1n) is 11.8. The van der Waals surface area contributed by atoms with E-state index in [9.17, 15) is 4.79 Å². The van der Waals surface area contributed by atoms with E-state index in [1.165, 1.54) is 0 Å². The smallest absolute Gasteiger partial charge is 0.225 e. The van der Waals surface area contributed by atoms with E-state index in [0.29, 0.717) is 19.1 Å². The molecule has 0 bridgehead atoms. The summed E-state index contributed by atoms with van der Waals surface area (Å²) in [5.74, 6) is 2.49. The lowest BCUT2D eigenvalue weighted by molar-refractivity contribution is -0.177. The van der Waals surface area contributed by atoms with Crippen LogP contribution >= 0.6 is 0 Å². The van der Waals surface area contributed by atoms with E-state index in [-0.39, 0.29) is 29.0 Å². The molecule has 0 saturated carbocycles. The molecular formula is C25H35NO5. The summed E-state index contributed by atoms with van der Waals surface area (Å²) in [6, 6.07) is 6.01. The van der Waals surface area contributed by atoms with E-state index < -0.39 is 0 Å². The van der Waals surface area contributed by atoms with Crippen LogP contribution in [0.25, 0.3) is 0 Å². The van der Waals surface area contributed by atoms with Crippen LogP contribution in [0.3, 0.4) is 0 Å². The van der Waals surface area contributed by atoms with Crippen molar-refractivity contribution in [2.24, 2.45) is 17.3 Å². The van der Waals surface area contributed by atoms with Gasteiger partial charge in [0.1, 0.15) is 17.1 Å². The average molecular weight is 430 g/mol. The first kappa shape index (κ1) is 21.1. The molecule has 3 saturated heterocycles. The number of carbonyl (C=O) groups excluding carboxylic acids is 1. The van der Waals surface area contributed by atoms with Gasteiger partial charge in [0.05, 0.1) is 19.8 Å². The van der Waals surface area contributed by atoms with Crippen LogP contribution in [-0.4, -0.2) is 56.4 Å². The topological polar surface area (TPSA) is 57.2 Å². The summed E-state index contributed by atoms with van der Waals surface area (Å²) >= 11 is 0. The summed E-state index contributed by atoms with van der Waals surface area (Å²) in [7, 11) is 1.69. The normalized spacial score (nSPS) is 29.6. The Morgan fingerprint density at radius 2 is 1.90 bits per heavy atom. The average Bonchev–Trinajstić information content (AvgIpc) is 2.79. The summed E-state index contributed by atoms with van der Waals surface area (Å²) in [4.78, 5) is 15.1. The first-order valence-corrected chi connectivity index (χ1v) is 11.8. The summed E-state index contributed by atoms with van der Waals surface area (Å²) in [5.41, 5.74) is 0.935. The Balaban J connectivity index is 1.29. The Hall–Kier alpha value is -1.79. The Bertz CT molecular complexity index is 823. The number of piperidine rings is 1. The molecule has 2 atom stereocenters. The molecule has 31 heavy (non-hydrogen) atoms. The Labute approximate surface area is 185 Å². The molecule has 170 valence electrons. The quantitative estimate of drug-likeness (QED) is 0.712. The lowest BCUT2D eigenvalue weighted by Gasteiger charge is -2.54. The van der Waals surface area contributed by atoms with Crippen molar-refractivity contribution in [2.75, 3.05) is 40.0 Å². The molecule has 0 aromatic heterocycles.